The molecule has 0 saturated heterocycles. The predicted molar refractivity (Wildman–Crippen MR) is 90.8 cm³/mol. The van der Waals surface area contributed by atoms with Crippen molar-refractivity contribution < 1.29 is 18.8 Å². The summed E-state index contributed by atoms with van der Waals surface area (Å²) in [5, 5.41) is 6.43. The molecule has 0 radical (unpaired) electrons. The molecule has 0 atom stereocenters. The normalized spacial score (nSPS) is 15.8. The van der Waals surface area contributed by atoms with Crippen LogP contribution < -0.4 is 14.8 Å². The van der Waals surface area contributed by atoms with Crippen LogP contribution in [-0.2, 0) is 13.0 Å². The summed E-state index contributed by atoms with van der Waals surface area (Å²) in [6.07, 6.45) is 0.638. The lowest BCUT2D eigenvalue weighted by Gasteiger charge is -2.29. The number of methoxy groups -OCH3 is 1. The zero-order valence-corrected chi connectivity index (χ0v) is 14.8. The van der Waals surface area contributed by atoms with E-state index in [9.17, 15) is 4.79 Å². The van der Waals surface area contributed by atoms with Gasteiger partial charge >= 0.3 is 12.0 Å². The molecule has 2 aromatic rings. The zero-order chi connectivity index (χ0) is 18.0. The minimum atomic E-state index is -0.557. The third-order valence-corrected chi connectivity index (χ3v) is 3.88. The van der Waals surface area contributed by atoms with Crippen LogP contribution in [0.25, 0.3) is 0 Å². The van der Waals surface area contributed by atoms with Gasteiger partial charge in [-0.05, 0) is 26.0 Å². The van der Waals surface area contributed by atoms with E-state index in [1.807, 2.05) is 39.0 Å². The fraction of sp³-hybridized carbons (Fsp3) is 0.471. The number of nitrogens with zero attached hydrogens (tertiary/aromatic N) is 3. The number of rotatable bonds is 3. The first-order valence-electron chi connectivity index (χ1n) is 8.14. The number of hydrogen-bond donors (Lipinski definition) is 1. The molecule has 1 N–H and O–H groups in total. The maximum Gasteiger partial charge on any atom is 0.329 e. The van der Waals surface area contributed by atoms with Gasteiger partial charge in [0.15, 0.2) is 5.82 Å². The molecule has 1 aliphatic heterocycles. The molecule has 3 rings (SSSR count). The molecule has 25 heavy (non-hydrogen) atoms. The number of amides is 2. The number of anilines is 1. The van der Waals surface area contributed by atoms with Gasteiger partial charge in [0, 0.05) is 18.1 Å². The zero-order valence-electron chi connectivity index (χ0n) is 14.8. The van der Waals surface area contributed by atoms with Gasteiger partial charge in [0.1, 0.15) is 17.1 Å². The second-order valence-corrected chi connectivity index (χ2v) is 6.49. The van der Waals surface area contributed by atoms with Gasteiger partial charge in [0.05, 0.1) is 20.2 Å². The number of aromatic nitrogens is 2. The molecule has 2 amide bonds. The molecular formula is C17H22N4O4. The summed E-state index contributed by atoms with van der Waals surface area (Å²) in [6.45, 7) is 6.60. The van der Waals surface area contributed by atoms with E-state index in [0.29, 0.717) is 36.8 Å². The summed E-state index contributed by atoms with van der Waals surface area (Å²) in [7, 11) is 1.61. The van der Waals surface area contributed by atoms with Gasteiger partial charge in [-0.2, -0.15) is 4.98 Å². The number of benzene rings is 1. The van der Waals surface area contributed by atoms with Crippen molar-refractivity contribution in [1.82, 2.24) is 15.0 Å². The van der Waals surface area contributed by atoms with Gasteiger partial charge in [-0.1, -0.05) is 12.1 Å². The van der Waals surface area contributed by atoms with Crippen molar-refractivity contribution in [3.05, 3.63) is 29.6 Å². The average Bonchev–Trinajstić information content (AvgIpc) is 2.96. The first-order chi connectivity index (χ1) is 11.9. The lowest BCUT2D eigenvalue weighted by Crippen LogP contribution is -2.44. The summed E-state index contributed by atoms with van der Waals surface area (Å²) >= 11 is 0. The summed E-state index contributed by atoms with van der Waals surface area (Å²) in [4.78, 5) is 18.4. The van der Waals surface area contributed by atoms with E-state index >= 15 is 0 Å². The summed E-state index contributed by atoms with van der Waals surface area (Å²) in [5.41, 5.74) is 0.347. The average molecular weight is 346 g/mol. The van der Waals surface area contributed by atoms with Crippen LogP contribution in [-0.4, -0.2) is 40.3 Å². The molecule has 0 fully saturated rings. The van der Waals surface area contributed by atoms with E-state index in [-0.39, 0.29) is 12.0 Å². The van der Waals surface area contributed by atoms with Crippen molar-refractivity contribution in [2.75, 3.05) is 19.0 Å². The van der Waals surface area contributed by atoms with Crippen molar-refractivity contribution in [3.63, 3.8) is 0 Å². The highest BCUT2D eigenvalue weighted by atomic mass is 16.5. The monoisotopic (exact) mass is 346 g/mol. The topological polar surface area (TPSA) is 89.7 Å². The number of carbonyl (C=O) groups is 1. The third-order valence-electron chi connectivity index (χ3n) is 3.88. The van der Waals surface area contributed by atoms with E-state index < -0.39 is 5.60 Å². The van der Waals surface area contributed by atoms with Gasteiger partial charge < -0.3 is 18.9 Å². The van der Waals surface area contributed by atoms with Gasteiger partial charge in [-0.25, -0.2) is 4.79 Å². The Labute approximate surface area is 146 Å². The second kappa shape index (κ2) is 6.62. The van der Waals surface area contributed by atoms with Crippen molar-refractivity contribution in [3.8, 4) is 11.5 Å². The summed E-state index contributed by atoms with van der Waals surface area (Å²) in [6, 6.07) is 5.37. The Hall–Kier alpha value is -2.77. The quantitative estimate of drug-likeness (QED) is 0.919. The van der Waals surface area contributed by atoms with E-state index in [1.165, 1.54) is 0 Å². The molecule has 0 unspecified atom stereocenters. The largest absolute Gasteiger partial charge is 0.497 e. The third kappa shape index (κ3) is 3.84. The molecule has 1 aromatic heterocycles. The predicted octanol–water partition coefficient (Wildman–Crippen LogP) is 2.85. The van der Waals surface area contributed by atoms with E-state index in [1.54, 1.807) is 12.0 Å². The van der Waals surface area contributed by atoms with E-state index in [0.717, 1.165) is 5.56 Å². The number of aryl methyl sites for hydroxylation is 1. The van der Waals surface area contributed by atoms with Crippen molar-refractivity contribution in [2.24, 2.45) is 0 Å². The van der Waals surface area contributed by atoms with Crippen LogP contribution in [0.3, 0.4) is 0 Å². The number of ether oxygens (including phenoxy) is 2. The molecule has 0 aliphatic carbocycles. The van der Waals surface area contributed by atoms with Crippen LogP contribution >= 0.6 is 0 Å². The Kier molecular flexibility index (Phi) is 4.52. The second-order valence-electron chi connectivity index (χ2n) is 6.49. The van der Waals surface area contributed by atoms with Crippen molar-refractivity contribution in [1.29, 1.82) is 0 Å². The van der Waals surface area contributed by atoms with Gasteiger partial charge in [0.25, 0.3) is 0 Å². The molecule has 0 saturated carbocycles. The maximum atomic E-state index is 12.6. The fourth-order valence-electron chi connectivity index (χ4n) is 2.70. The molecule has 8 nitrogen and oxygen atoms in total. The molecule has 2 heterocycles. The molecule has 0 bridgehead atoms. The molecule has 1 aliphatic rings. The van der Waals surface area contributed by atoms with Crippen molar-refractivity contribution in [2.45, 2.75) is 39.3 Å². The molecule has 8 heteroatoms. The van der Waals surface area contributed by atoms with Gasteiger partial charge in [-0.3, -0.25) is 5.32 Å². The van der Waals surface area contributed by atoms with Crippen LogP contribution in [0.2, 0.25) is 0 Å². The first-order valence-corrected chi connectivity index (χ1v) is 8.14. The molecule has 0 spiro atoms. The minimum Gasteiger partial charge on any atom is -0.497 e. The number of carbonyl (C=O) groups excluding carboxylic acids is 1. The Bertz CT molecular complexity index is 772. The number of fused-ring (bicyclic) bond motifs is 1. The Balaban J connectivity index is 1.81. The van der Waals surface area contributed by atoms with E-state index in [4.69, 9.17) is 14.0 Å². The SMILES string of the molecule is CCc1noc(NC(=O)N2Cc3ccc(OC)cc3OC(C)(C)C2)n1. The van der Waals surface area contributed by atoms with Crippen LogP contribution in [0.1, 0.15) is 32.2 Å². The van der Waals surface area contributed by atoms with Gasteiger partial charge in [0.2, 0.25) is 0 Å². The Morgan fingerprint density at radius 3 is 2.92 bits per heavy atom. The Morgan fingerprint density at radius 2 is 2.24 bits per heavy atom. The first kappa shape index (κ1) is 17.1. The lowest BCUT2D eigenvalue weighted by atomic mass is 10.1. The highest BCUT2D eigenvalue weighted by Gasteiger charge is 2.32. The Morgan fingerprint density at radius 1 is 1.44 bits per heavy atom. The number of nitrogens with one attached hydrogen (secondary N) is 1. The van der Waals surface area contributed by atoms with E-state index in [2.05, 4.69) is 15.5 Å². The lowest BCUT2D eigenvalue weighted by molar-refractivity contribution is 0.0831. The minimum absolute atomic E-state index is 0.0970. The smallest absolute Gasteiger partial charge is 0.329 e. The maximum absolute atomic E-state index is 12.6. The molecule has 134 valence electrons. The standard InChI is InChI=1S/C17H22N4O4/c1-5-14-18-15(25-20-14)19-16(22)21-9-11-6-7-12(23-4)8-13(11)24-17(2,3)10-21/h6-8H,5,9-10H2,1-4H3,(H,18,19,20,22). The number of hydrogen-bond acceptors (Lipinski definition) is 6. The summed E-state index contributed by atoms with van der Waals surface area (Å²) in [5.74, 6) is 1.98. The summed E-state index contributed by atoms with van der Waals surface area (Å²) < 4.78 is 16.4. The van der Waals surface area contributed by atoms with Crippen LogP contribution in [0.5, 0.6) is 11.5 Å². The van der Waals surface area contributed by atoms with Gasteiger partial charge in [-0.15, -0.1) is 0 Å². The van der Waals surface area contributed by atoms with Crippen LogP contribution in [0.4, 0.5) is 10.8 Å². The van der Waals surface area contributed by atoms with Crippen LogP contribution in [0.15, 0.2) is 22.7 Å². The highest BCUT2D eigenvalue weighted by Crippen LogP contribution is 2.32. The van der Waals surface area contributed by atoms with Crippen LogP contribution in [0, 0.1) is 0 Å². The molecular weight excluding hydrogens is 324 g/mol. The highest BCUT2D eigenvalue weighted by molar-refractivity contribution is 5.87. The van der Waals surface area contributed by atoms with Crippen molar-refractivity contribution >= 4 is 12.0 Å². The molecule has 1 aromatic carbocycles. The number of urea groups is 1. The fourth-order valence-corrected chi connectivity index (χ4v) is 2.70.